The van der Waals surface area contributed by atoms with Gasteiger partial charge in [-0.15, -0.1) is 11.3 Å². The van der Waals surface area contributed by atoms with E-state index in [2.05, 4.69) is 15.6 Å². The maximum atomic E-state index is 12.0. The largest absolute Gasteiger partial charge is 0.378 e. The van der Waals surface area contributed by atoms with E-state index >= 15 is 0 Å². The van der Waals surface area contributed by atoms with E-state index in [0.29, 0.717) is 6.42 Å². The van der Waals surface area contributed by atoms with Crippen LogP contribution in [0.25, 0.3) is 0 Å². The van der Waals surface area contributed by atoms with Crippen LogP contribution in [0.3, 0.4) is 0 Å². The van der Waals surface area contributed by atoms with E-state index in [1.54, 1.807) is 18.4 Å². The molecule has 1 fully saturated rings. The van der Waals surface area contributed by atoms with Crippen LogP contribution in [0, 0.1) is 13.8 Å². The van der Waals surface area contributed by atoms with Gasteiger partial charge in [0.2, 0.25) is 5.91 Å². The fourth-order valence-corrected chi connectivity index (χ4v) is 3.03. The Morgan fingerprint density at radius 3 is 2.94 bits per heavy atom. The Kier molecular flexibility index (Phi) is 4.31. The highest BCUT2D eigenvalue weighted by Crippen LogP contribution is 2.16. The van der Waals surface area contributed by atoms with Gasteiger partial charge in [-0.1, -0.05) is 0 Å². The van der Waals surface area contributed by atoms with Crippen LogP contribution in [0.4, 0.5) is 0 Å². The standard InChI is InChI=1S/C12H19N3O2S/c1-7-9(14-8(2)18-7)4-12(16)15-10-5-13-6-11(10)17-3/h10-11,13H,4-6H2,1-3H3,(H,15,16)/t10-,11+/m1/s1. The number of amides is 1. The first-order valence-corrected chi connectivity index (χ1v) is 6.87. The lowest BCUT2D eigenvalue weighted by molar-refractivity contribution is -0.121. The fourth-order valence-electron chi connectivity index (χ4n) is 2.19. The number of carbonyl (C=O) groups excluding carboxylic acids is 1. The maximum absolute atomic E-state index is 12.0. The molecule has 1 aromatic rings. The maximum Gasteiger partial charge on any atom is 0.226 e. The molecular weight excluding hydrogens is 250 g/mol. The Bertz CT molecular complexity index is 433. The number of aryl methyl sites for hydroxylation is 2. The smallest absolute Gasteiger partial charge is 0.226 e. The van der Waals surface area contributed by atoms with Gasteiger partial charge in [-0.25, -0.2) is 4.98 Å². The van der Waals surface area contributed by atoms with E-state index in [1.165, 1.54) is 0 Å². The number of carbonyl (C=O) groups is 1. The van der Waals surface area contributed by atoms with Crippen molar-refractivity contribution in [3.05, 3.63) is 15.6 Å². The number of methoxy groups -OCH3 is 1. The number of hydrogen-bond acceptors (Lipinski definition) is 5. The van der Waals surface area contributed by atoms with Crippen LogP contribution >= 0.6 is 11.3 Å². The molecule has 1 aromatic heterocycles. The molecule has 1 amide bonds. The van der Waals surface area contributed by atoms with Gasteiger partial charge in [0.25, 0.3) is 0 Å². The molecule has 100 valence electrons. The average molecular weight is 269 g/mol. The third-order valence-corrected chi connectivity index (χ3v) is 4.06. The van der Waals surface area contributed by atoms with Crippen molar-refractivity contribution in [3.63, 3.8) is 0 Å². The molecule has 0 aromatic carbocycles. The van der Waals surface area contributed by atoms with E-state index in [1.807, 2.05) is 13.8 Å². The molecule has 2 atom stereocenters. The Balaban J connectivity index is 1.91. The summed E-state index contributed by atoms with van der Waals surface area (Å²) in [7, 11) is 1.67. The number of aromatic nitrogens is 1. The van der Waals surface area contributed by atoms with E-state index < -0.39 is 0 Å². The van der Waals surface area contributed by atoms with Gasteiger partial charge < -0.3 is 15.4 Å². The molecule has 5 nitrogen and oxygen atoms in total. The van der Waals surface area contributed by atoms with Crippen LogP contribution in [0.5, 0.6) is 0 Å². The SMILES string of the molecule is CO[C@H]1CNC[C@H]1NC(=O)Cc1nc(C)sc1C. The van der Waals surface area contributed by atoms with Gasteiger partial charge in [-0.05, 0) is 13.8 Å². The molecule has 6 heteroatoms. The topological polar surface area (TPSA) is 63.2 Å². The highest BCUT2D eigenvalue weighted by molar-refractivity contribution is 7.11. The predicted octanol–water partition coefficient (Wildman–Crippen LogP) is 0.405. The van der Waals surface area contributed by atoms with Gasteiger partial charge in [-0.3, -0.25) is 4.79 Å². The Labute approximate surface area is 111 Å². The quantitative estimate of drug-likeness (QED) is 0.831. The van der Waals surface area contributed by atoms with Crippen molar-refractivity contribution in [1.29, 1.82) is 0 Å². The number of ether oxygens (including phenoxy) is 1. The van der Waals surface area contributed by atoms with Crippen molar-refractivity contribution in [2.75, 3.05) is 20.2 Å². The molecule has 0 radical (unpaired) electrons. The molecule has 0 aliphatic carbocycles. The van der Waals surface area contributed by atoms with Crippen LogP contribution < -0.4 is 10.6 Å². The molecule has 1 saturated heterocycles. The summed E-state index contributed by atoms with van der Waals surface area (Å²) in [5.41, 5.74) is 0.884. The number of nitrogens with zero attached hydrogens (tertiary/aromatic N) is 1. The van der Waals surface area contributed by atoms with E-state index in [9.17, 15) is 4.79 Å². The number of nitrogens with one attached hydrogen (secondary N) is 2. The van der Waals surface area contributed by atoms with Crippen molar-refractivity contribution in [1.82, 2.24) is 15.6 Å². The third kappa shape index (κ3) is 3.07. The van der Waals surface area contributed by atoms with Gasteiger partial charge >= 0.3 is 0 Å². The zero-order valence-corrected chi connectivity index (χ0v) is 11.8. The second kappa shape index (κ2) is 5.77. The van der Waals surface area contributed by atoms with E-state index in [0.717, 1.165) is 28.7 Å². The Hall–Kier alpha value is -0.980. The summed E-state index contributed by atoms with van der Waals surface area (Å²) in [5, 5.41) is 7.21. The molecule has 0 bridgehead atoms. The molecular formula is C12H19N3O2S. The number of thiazole rings is 1. The second-order valence-corrected chi connectivity index (χ2v) is 5.93. The lowest BCUT2D eigenvalue weighted by Gasteiger charge is -2.18. The van der Waals surface area contributed by atoms with Gasteiger partial charge in [0.15, 0.2) is 0 Å². The van der Waals surface area contributed by atoms with Crippen LogP contribution in [0.2, 0.25) is 0 Å². The predicted molar refractivity (Wildman–Crippen MR) is 70.9 cm³/mol. The van der Waals surface area contributed by atoms with E-state index in [-0.39, 0.29) is 18.1 Å². The van der Waals surface area contributed by atoms with Crippen LogP contribution in [-0.2, 0) is 16.0 Å². The first-order valence-electron chi connectivity index (χ1n) is 6.06. The monoisotopic (exact) mass is 269 g/mol. The molecule has 2 heterocycles. The molecule has 0 saturated carbocycles. The van der Waals surface area contributed by atoms with Crippen LogP contribution in [0.1, 0.15) is 15.6 Å². The Morgan fingerprint density at radius 1 is 1.56 bits per heavy atom. The first kappa shape index (κ1) is 13.5. The molecule has 1 aliphatic rings. The number of hydrogen-bond donors (Lipinski definition) is 2. The van der Waals surface area contributed by atoms with Crippen molar-refractivity contribution in [2.24, 2.45) is 0 Å². The minimum absolute atomic E-state index is 0.0131. The summed E-state index contributed by atoms with van der Waals surface area (Å²) in [6, 6.07) is 0.0579. The van der Waals surface area contributed by atoms with E-state index in [4.69, 9.17) is 4.74 Å². The van der Waals surface area contributed by atoms with Gasteiger partial charge in [-0.2, -0.15) is 0 Å². The zero-order chi connectivity index (χ0) is 13.1. The molecule has 2 rings (SSSR count). The summed E-state index contributed by atoms with van der Waals surface area (Å²) in [6.07, 6.45) is 0.413. The average Bonchev–Trinajstić information content (AvgIpc) is 2.86. The molecule has 0 unspecified atom stereocenters. The molecule has 0 spiro atoms. The highest BCUT2D eigenvalue weighted by Gasteiger charge is 2.28. The van der Waals surface area contributed by atoms with Crippen molar-refractivity contribution in [3.8, 4) is 0 Å². The summed E-state index contributed by atoms with van der Waals surface area (Å²) < 4.78 is 5.31. The molecule has 2 N–H and O–H groups in total. The Morgan fingerprint density at radius 2 is 2.33 bits per heavy atom. The van der Waals surface area contributed by atoms with Crippen LogP contribution in [-0.4, -0.2) is 43.2 Å². The minimum atomic E-state index is 0.0131. The van der Waals surface area contributed by atoms with Gasteiger partial charge in [0.05, 0.1) is 29.3 Å². The zero-order valence-electron chi connectivity index (χ0n) is 10.9. The normalized spacial score (nSPS) is 23.3. The fraction of sp³-hybridized carbons (Fsp3) is 0.667. The molecule has 1 aliphatic heterocycles. The summed E-state index contributed by atoms with van der Waals surface area (Å²) in [6.45, 7) is 5.51. The lowest BCUT2D eigenvalue weighted by atomic mass is 10.2. The molecule has 18 heavy (non-hydrogen) atoms. The van der Waals surface area contributed by atoms with Crippen molar-refractivity contribution < 1.29 is 9.53 Å². The van der Waals surface area contributed by atoms with Crippen molar-refractivity contribution >= 4 is 17.2 Å². The third-order valence-electron chi connectivity index (χ3n) is 3.14. The minimum Gasteiger partial charge on any atom is -0.378 e. The van der Waals surface area contributed by atoms with Crippen LogP contribution in [0.15, 0.2) is 0 Å². The summed E-state index contributed by atoms with van der Waals surface area (Å²) in [5.74, 6) is 0.0131. The highest BCUT2D eigenvalue weighted by atomic mass is 32.1. The second-order valence-electron chi connectivity index (χ2n) is 4.52. The van der Waals surface area contributed by atoms with Gasteiger partial charge in [0.1, 0.15) is 0 Å². The summed E-state index contributed by atoms with van der Waals surface area (Å²) >= 11 is 1.63. The lowest BCUT2D eigenvalue weighted by Crippen LogP contribution is -2.44. The first-order chi connectivity index (χ1) is 8.60. The summed E-state index contributed by atoms with van der Waals surface area (Å²) in [4.78, 5) is 17.5. The van der Waals surface area contributed by atoms with Crippen molar-refractivity contribution in [2.45, 2.75) is 32.4 Å². The number of rotatable bonds is 4. The van der Waals surface area contributed by atoms with Gasteiger partial charge in [0, 0.05) is 25.1 Å².